The summed E-state index contributed by atoms with van der Waals surface area (Å²) in [6.07, 6.45) is 0.344. The van der Waals surface area contributed by atoms with Crippen LogP contribution in [0.2, 0.25) is 0 Å². The van der Waals surface area contributed by atoms with Crippen LogP contribution in [-0.2, 0) is 4.74 Å². The third kappa shape index (κ3) is 2.02. The molecule has 0 aromatic heterocycles. The highest BCUT2D eigenvalue weighted by Crippen LogP contribution is 2.15. The molecule has 1 heterocycles. The van der Waals surface area contributed by atoms with E-state index in [1.165, 1.54) is 5.56 Å². The van der Waals surface area contributed by atoms with Gasteiger partial charge in [-0.3, -0.25) is 0 Å². The van der Waals surface area contributed by atoms with Crippen LogP contribution in [0.4, 0.5) is 0 Å². The van der Waals surface area contributed by atoms with E-state index in [1.54, 1.807) is 0 Å². The van der Waals surface area contributed by atoms with Gasteiger partial charge in [0.05, 0.1) is 5.88 Å². The van der Waals surface area contributed by atoms with Crippen molar-refractivity contribution in [3.63, 3.8) is 0 Å². The fraction of sp³-hybridized carbons (Fsp3) is 0.400. The number of hydrogen-bond donors (Lipinski definition) is 1. The first-order chi connectivity index (χ1) is 6.40. The molecule has 1 aliphatic heterocycles. The Hall–Kier alpha value is -0.570. The number of quaternary nitrogens is 1. The molecule has 0 amide bonds. The lowest BCUT2D eigenvalue weighted by Crippen LogP contribution is -2.82. The Morgan fingerprint density at radius 3 is 2.77 bits per heavy atom. The van der Waals surface area contributed by atoms with Gasteiger partial charge in [0.1, 0.15) is 12.6 Å². The van der Waals surface area contributed by atoms with Gasteiger partial charge < -0.3 is 10.1 Å². The van der Waals surface area contributed by atoms with Crippen molar-refractivity contribution in [3.05, 3.63) is 35.9 Å². The van der Waals surface area contributed by atoms with E-state index < -0.39 is 0 Å². The third-order valence-electron chi connectivity index (χ3n) is 2.25. The maximum Gasteiger partial charge on any atom is 0.217 e. The number of nitrogens with two attached hydrogens (primary N) is 1. The molecule has 1 fully saturated rings. The van der Waals surface area contributed by atoms with Crippen LogP contribution < -0.4 is 5.32 Å². The quantitative estimate of drug-likeness (QED) is 0.702. The summed E-state index contributed by atoms with van der Waals surface area (Å²) in [6, 6.07) is 10.2. The van der Waals surface area contributed by atoms with Gasteiger partial charge in [-0.05, 0) is 0 Å². The molecule has 13 heavy (non-hydrogen) atoms. The van der Waals surface area contributed by atoms with Gasteiger partial charge in [-0.15, -0.1) is 11.6 Å². The van der Waals surface area contributed by atoms with Crippen molar-refractivity contribution in [1.29, 1.82) is 0 Å². The minimum atomic E-state index is 0.143. The molecule has 3 heteroatoms. The van der Waals surface area contributed by atoms with Gasteiger partial charge in [-0.25, -0.2) is 0 Å². The monoisotopic (exact) mass is 198 g/mol. The lowest BCUT2D eigenvalue weighted by Gasteiger charge is -2.07. The van der Waals surface area contributed by atoms with E-state index in [2.05, 4.69) is 17.4 Å². The normalized spacial score (nSPS) is 27.8. The van der Waals surface area contributed by atoms with Gasteiger partial charge in [0.2, 0.25) is 6.23 Å². The van der Waals surface area contributed by atoms with E-state index in [0.717, 1.165) is 6.54 Å². The molecule has 2 nitrogen and oxygen atoms in total. The highest BCUT2D eigenvalue weighted by molar-refractivity contribution is 6.18. The number of halogens is 1. The van der Waals surface area contributed by atoms with Crippen LogP contribution in [0.25, 0.3) is 0 Å². The first-order valence-corrected chi connectivity index (χ1v) is 5.03. The number of ether oxygens (including phenoxy) is 1. The standard InChI is InChI=1S/C10H12ClNO/c11-6-9-7-12-10(13-9)8-4-2-1-3-5-8/h1-5,9-10,12H,6-7H2/p+1. The number of rotatable bonds is 2. The first-order valence-electron chi connectivity index (χ1n) is 4.50. The van der Waals surface area contributed by atoms with Gasteiger partial charge in [-0.2, -0.15) is 0 Å². The summed E-state index contributed by atoms with van der Waals surface area (Å²) in [5, 5.41) is 2.18. The van der Waals surface area contributed by atoms with E-state index in [1.807, 2.05) is 18.2 Å². The maximum absolute atomic E-state index is 5.72. The lowest BCUT2D eigenvalue weighted by atomic mass is 10.2. The van der Waals surface area contributed by atoms with Crippen LogP contribution in [0, 0.1) is 0 Å². The summed E-state index contributed by atoms with van der Waals surface area (Å²) in [5.41, 5.74) is 1.22. The van der Waals surface area contributed by atoms with Crippen LogP contribution in [0.5, 0.6) is 0 Å². The summed E-state index contributed by atoms with van der Waals surface area (Å²) >= 11 is 5.72. The summed E-state index contributed by atoms with van der Waals surface area (Å²) in [7, 11) is 0. The molecule has 1 saturated heterocycles. The minimum absolute atomic E-state index is 0.143. The van der Waals surface area contributed by atoms with Gasteiger partial charge in [0.25, 0.3) is 0 Å². The Labute approximate surface area is 82.9 Å². The lowest BCUT2D eigenvalue weighted by molar-refractivity contribution is -0.697. The van der Waals surface area contributed by atoms with E-state index in [9.17, 15) is 0 Å². The predicted molar refractivity (Wildman–Crippen MR) is 51.6 cm³/mol. The molecule has 2 N–H and O–H groups in total. The van der Waals surface area contributed by atoms with Crippen LogP contribution in [-0.4, -0.2) is 18.5 Å². The zero-order valence-corrected chi connectivity index (χ0v) is 8.08. The molecular weight excluding hydrogens is 186 g/mol. The summed E-state index contributed by atoms with van der Waals surface area (Å²) < 4.78 is 5.71. The molecule has 0 saturated carbocycles. The smallest absolute Gasteiger partial charge is 0.217 e. The molecule has 0 aliphatic carbocycles. The van der Waals surface area contributed by atoms with Crippen molar-refractivity contribution in [2.75, 3.05) is 12.4 Å². The van der Waals surface area contributed by atoms with Gasteiger partial charge in [0.15, 0.2) is 0 Å². The molecular formula is C10H13ClNO+. The van der Waals surface area contributed by atoms with Crippen LogP contribution in [0.3, 0.4) is 0 Å². The second kappa shape index (κ2) is 4.09. The predicted octanol–water partition coefficient (Wildman–Crippen LogP) is 0.886. The fourth-order valence-corrected chi connectivity index (χ4v) is 1.75. The molecule has 1 aliphatic rings. The summed E-state index contributed by atoms with van der Waals surface area (Å²) in [4.78, 5) is 0. The molecule has 2 unspecified atom stereocenters. The van der Waals surface area contributed by atoms with Crippen molar-refractivity contribution in [3.8, 4) is 0 Å². The van der Waals surface area contributed by atoms with Crippen molar-refractivity contribution < 1.29 is 10.1 Å². The third-order valence-corrected chi connectivity index (χ3v) is 2.60. The van der Waals surface area contributed by atoms with Crippen LogP contribution >= 0.6 is 11.6 Å². The summed E-state index contributed by atoms with van der Waals surface area (Å²) in [6.45, 7) is 0.961. The maximum atomic E-state index is 5.72. The molecule has 1 aromatic rings. The molecule has 1 aromatic carbocycles. The van der Waals surface area contributed by atoms with Gasteiger partial charge in [-0.1, -0.05) is 30.3 Å². The SMILES string of the molecule is ClCC1C[NH2+]C(c2ccccc2)O1. The first kappa shape index (κ1) is 9.00. The van der Waals surface area contributed by atoms with Crippen molar-refractivity contribution in [2.24, 2.45) is 0 Å². The molecule has 70 valence electrons. The largest absolute Gasteiger partial charge is 0.315 e. The molecule has 0 spiro atoms. The highest BCUT2D eigenvalue weighted by atomic mass is 35.5. The van der Waals surface area contributed by atoms with Crippen molar-refractivity contribution in [1.82, 2.24) is 0 Å². The van der Waals surface area contributed by atoms with E-state index in [0.29, 0.717) is 5.88 Å². The second-order valence-electron chi connectivity index (χ2n) is 3.22. The molecule has 2 rings (SSSR count). The van der Waals surface area contributed by atoms with E-state index in [4.69, 9.17) is 16.3 Å². The Morgan fingerprint density at radius 2 is 2.15 bits per heavy atom. The second-order valence-corrected chi connectivity index (χ2v) is 3.52. The number of hydrogen-bond acceptors (Lipinski definition) is 1. The Bertz CT molecular complexity index is 265. The average molecular weight is 199 g/mol. The summed E-state index contributed by atoms with van der Waals surface area (Å²) in [5.74, 6) is 0.583. The van der Waals surface area contributed by atoms with Crippen LogP contribution in [0.15, 0.2) is 30.3 Å². The topological polar surface area (TPSA) is 25.8 Å². The molecule has 0 radical (unpaired) electrons. The van der Waals surface area contributed by atoms with Gasteiger partial charge in [0, 0.05) is 5.56 Å². The van der Waals surface area contributed by atoms with E-state index >= 15 is 0 Å². The Morgan fingerprint density at radius 1 is 1.38 bits per heavy atom. The fourth-order valence-electron chi connectivity index (χ4n) is 1.55. The minimum Gasteiger partial charge on any atom is -0.315 e. The van der Waals surface area contributed by atoms with Crippen LogP contribution in [0.1, 0.15) is 11.8 Å². The highest BCUT2D eigenvalue weighted by Gasteiger charge is 2.28. The Kier molecular flexibility index (Phi) is 2.83. The Balaban J connectivity index is 2.04. The molecule has 0 bridgehead atoms. The number of benzene rings is 1. The average Bonchev–Trinajstić information content (AvgIpc) is 2.67. The van der Waals surface area contributed by atoms with Crippen molar-refractivity contribution >= 4 is 11.6 Å². The van der Waals surface area contributed by atoms with Gasteiger partial charge >= 0.3 is 0 Å². The number of alkyl halides is 1. The molecule has 2 atom stereocenters. The zero-order valence-electron chi connectivity index (χ0n) is 7.32. The van der Waals surface area contributed by atoms with E-state index in [-0.39, 0.29) is 12.3 Å². The van der Waals surface area contributed by atoms with Crippen molar-refractivity contribution in [2.45, 2.75) is 12.3 Å². The zero-order chi connectivity index (χ0) is 9.10.